The summed E-state index contributed by atoms with van der Waals surface area (Å²) >= 11 is 0. The Morgan fingerprint density at radius 2 is 1.77 bits per heavy atom. The summed E-state index contributed by atoms with van der Waals surface area (Å²) in [5.41, 5.74) is 2.79. The van der Waals surface area contributed by atoms with E-state index in [1.165, 1.54) is 10.6 Å². The summed E-state index contributed by atoms with van der Waals surface area (Å²) < 4.78 is 1.33. The Bertz CT molecular complexity index is 1120. The second-order valence-electron chi connectivity index (χ2n) is 7.30. The minimum atomic E-state index is -0.536. The van der Waals surface area contributed by atoms with Crippen molar-refractivity contribution in [3.05, 3.63) is 88.1 Å². The zero-order chi connectivity index (χ0) is 22.4. The van der Waals surface area contributed by atoms with Crippen molar-refractivity contribution in [2.24, 2.45) is 0 Å². The first kappa shape index (κ1) is 21.8. The van der Waals surface area contributed by atoms with E-state index < -0.39 is 11.6 Å². The maximum Gasteiger partial charge on any atom is 0.323 e. The molecule has 0 bridgehead atoms. The fourth-order valence-corrected chi connectivity index (χ4v) is 3.03. The van der Waals surface area contributed by atoms with Gasteiger partial charge in [0.1, 0.15) is 12.2 Å². The highest BCUT2D eigenvalue weighted by Crippen LogP contribution is 2.11. The summed E-state index contributed by atoms with van der Waals surface area (Å²) in [7, 11) is 0. The van der Waals surface area contributed by atoms with Gasteiger partial charge in [0.15, 0.2) is 0 Å². The predicted octanol–water partition coefficient (Wildman–Crippen LogP) is 3.38. The average molecular weight is 419 g/mol. The topological polar surface area (TPSA) is 105 Å². The summed E-state index contributed by atoms with van der Waals surface area (Å²) in [5, 5.41) is 8.10. The second-order valence-corrected chi connectivity index (χ2v) is 7.30. The molecule has 0 fully saturated rings. The number of nitrogens with one attached hydrogen (secondary N) is 3. The van der Waals surface area contributed by atoms with Crippen LogP contribution < -0.4 is 21.5 Å². The van der Waals surface area contributed by atoms with E-state index in [9.17, 15) is 14.4 Å². The van der Waals surface area contributed by atoms with E-state index in [4.69, 9.17) is 0 Å². The van der Waals surface area contributed by atoms with Crippen LogP contribution >= 0.6 is 0 Å². The van der Waals surface area contributed by atoms with Gasteiger partial charge in [0.25, 0.3) is 5.56 Å². The van der Waals surface area contributed by atoms with Gasteiger partial charge < -0.3 is 20.5 Å². The molecule has 0 aliphatic carbocycles. The SMILES string of the molecule is Cc1ccc(NC(=O)Nc2ccc(C)n(CC(=O)N[C@@H](C)c3cccnc3)c2=O)cc1. The van der Waals surface area contributed by atoms with Gasteiger partial charge in [0, 0.05) is 23.8 Å². The minimum absolute atomic E-state index is 0.0864. The highest BCUT2D eigenvalue weighted by atomic mass is 16.2. The van der Waals surface area contributed by atoms with E-state index >= 15 is 0 Å². The number of hydrogen-bond acceptors (Lipinski definition) is 4. The number of hydrogen-bond donors (Lipinski definition) is 3. The van der Waals surface area contributed by atoms with Crippen LogP contribution in [0, 0.1) is 13.8 Å². The van der Waals surface area contributed by atoms with E-state index in [2.05, 4.69) is 20.9 Å². The number of carbonyl (C=O) groups excluding carboxylic acids is 2. The van der Waals surface area contributed by atoms with E-state index in [1.807, 2.05) is 32.0 Å². The Labute approximate surface area is 180 Å². The lowest BCUT2D eigenvalue weighted by Gasteiger charge is -2.16. The monoisotopic (exact) mass is 419 g/mol. The second kappa shape index (κ2) is 9.71. The number of nitrogens with zero attached hydrogens (tertiary/aromatic N) is 2. The molecule has 0 saturated heterocycles. The molecule has 3 amide bonds. The first-order chi connectivity index (χ1) is 14.8. The molecule has 31 heavy (non-hydrogen) atoms. The highest BCUT2D eigenvalue weighted by molar-refractivity contribution is 5.99. The third-order valence-electron chi connectivity index (χ3n) is 4.81. The number of rotatable bonds is 6. The Hall–Kier alpha value is -3.94. The van der Waals surface area contributed by atoms with Crippen LogP contribution in [0.3, 0.4) is 0 Å². The van der Waals surface area contributed by atoms with Crippen molar-refractivity contribution in [1.29, 1.82) is 0 Å². The molecule has 1 atom stereocenters. The van der Waals surface area contributed by atoms with Gasteiger partial charge in [0.2, 0.25) is 5.91 Å². The normalized spacial score (nSPS) is 11.5. The zero-order valence-corrected chi connectivity index (χ0v) is 17.7. The highest BCUT2D eigenvalue weighted by Gasteiger charge is 2.15. The van der Waals surface area contributed by atoms with E-state index in [0.29, 0.717) is 11.4 Å². The zero-order valence-electron chi connectivity index (χ0n) is 17.7. The third-order valence-corrected chi connectivity index (χ3v) is 4.81. The van der Waals surface area contributed by atoms with Gasteiger partial charge in [-0.05, 0) is 56.7 Å². The Morgan fingerprint density at radius 3 is 2.45 bits per heavy atom. The van der Waals surface area contributed by atoms with Crippen LogP contribution in [0.15, 0.2) is 65.7 Å². The minimum Gasteiger partial charge on any atom is -0.348 e. The standard InChI is InChI=1S/C23H25N5O3/c1-15-6-9-19(10-7-15)26-23(31)27-20-11-8-16(2)28(22(20)30)14-21(29)25-17(3)18-5-4-12-24-13-18/h4-13,17H,14H2,1-3H3,(H,25,29)(H2,26,27,31)/t17-/m0/s1. The molecular weight excluding hydrogens is 394 g/mol. The molecule has 3 rings (SSSR count). The van der Waals surface area contributed by atoms with Crippen LogP contribution in [0.1, 0.15) is 29.8 Å². The molecule has 8 heteroatoms. The van der Waals surface area contributed by atoms with E-state index in [1.54, 1.807) is 43.6 Å². The number of pyridine rings is 2. The van der Waals surface area contributed by atoms with E-state index in [-0.39, 0.29) is 24.2 Å². The van der Waals surface area contributed by atoms with E-state index in [0.717, 1.165) is 11.1 Å². The Kier molecular flexibility index (Phi) is 6.81. The molecule has 0 radical (unpaired) electrons. The van der Waals surface area contributed by atoms with Crippen molar-refractivity contribution in [2.45, 2.75) is 33.4 Å². The number of amides is 3. The van der Waals surface area contributed by atoms with Crippen molar-refractivity contribution in [2.75, 3.05) is 10.6 Å². The average Bonchev–Trinajstić information content (AvgIpc) is 2.75. The number of urea groups is 1. The smallest absolute Gasteiger partial charge is 0.323 e. The van der Waals surface area contributed by atoms with Crippen molar-refractivity contribution < 1.29 is 9.59 Å². The van der Waals surface area contributed by atoms with Crippen LogP contribution in [-0.2, 0) is 11.3 Å². The van der Waals surface area contributed by atoms with Gasteiger partial charge in [-0.3, -0.25) is 14.6 Å². The van der Waals surface area contributed by atoms with Gasteiger partial charge in [-0.1, -0.05) is 23.8 Å². The lowest BCUT2D eigenvalue weighted by Crippen LogP contribution is -2.36. The van der Waals surface area contributed by atoms with Gasteiger partial charge in [-0.2, -0.15) is 0 Å². The molecule has 0 aliphatic rings. The largest absolute Gasteiger partial charge is 0.348 e. The van der Waals surface area contributed by atoms with Crippen molar-refractivity contribution in [3.8, 4) is 0 Å². The fourth-order valence-electron chi connectivity index (χ4n) is 3.03. The summed E-state index contributed by atoms with van der Waals surface area (Å²) in [6, 6.07) is 13.4. The predicted molar refractivity (Wildman–Crippen MR) is 120 cm³/mol. The number of benzene rings is 1. The summed E-state index contributed by atoms with van der Waals surface area (Å²) in [4.78, 5) is 41.7. The fraction of sp³-hybridized carbons (Fsp3) is 0.217. The lowest BCUT2D eigenvalue weighted by atomic mass is 10.1. The lowest BCUT2D eigenvalue weighted by molar-refractivity contribution is -0.122. The summed E-state index contributed by atoms with van der Waals surface area (Å²) in [6.07, 6.45) is 3.34. The molecule has 3 aromatic rings. The van der Waals surface area contributed by atoms with Crippen molar-refractivity contribution in [3.63, 3.8) is 0 Å². The molecule has 0 saturated carbocycles. The van der Waals surface area contributed by atoms with Gasteiger partial charge in [-0.25, -0.2) is 4.79 Å². The summed E-state index contributed by atoms with van der Waals surface area (Å²) in [5.74, 6) is -0.317. The maximum atomic E-state index is 12.8. The Balaban J connectivity index is 1.68. The van der Waals surface area contributed by atoms with Gasteiger partial charge in [0.05, 0.1) is 6.04 Å². The molecule has 2 aromatic heterocycles. The van der Waals surface area contributed by atoms with Crippen molar-refractivity contribution >= 4 is 23.3 Å². The molecule has 160 valence electrons. The van der Waals surface area contributed by atoms with Crippen molar-refractivity contribution in [1.82, 2.24) is 14.9 Å². The van der Waals surface area contributed by atoms with Gasteiger partial charge >= 0.3 is 6.03 Å². The van der Waals surface area contributed by atoms with Crippen LogP contribution in [0.2, 0.25) is 0 Å². The summed E-state index contributed by atoms with van der Waals surface area (Å²) in [6.45, 7) is 5.37. The maximum absolute atomic E-state index is 12.8. The Morgan fingerprint density at radius 1 is 1.03 bits per heavy atom. The molecule has 0 spiro atoms. The van der Waals surface area contributed by atoms with Crippen LogP contribution in [0.25, 0.3) is 0 Å². The quantitative estimate of drug-likeness (QED) is 0.570. The molecule has 8 nitrogen and oxygen atoms in total. The first-order valence-corrected chi connectivity index (χ1v) is 9.88. The number of carbonyl (C=O) groups is 2. The molecular formula is C23H25N5O3. The molecule has 0 aliphatic heterocycles. The molecule has 1 aromatic carbocycles. The third kappa shape index (κ3) is 5.79. The number of aromatic nitrogens is 2. The first-order valence-electron chi connectivity index (χ1n) is 9.88. The molecule has 3 N–H and O–H groups in total. The number of aryl methyl sites for hydroxylation is 2. The van der Waals surface area contributed by atoms with Crippen LogP contribution in [-0.4, -0.2) is 21.5 Å². The molecule has 2 heterocycles. The van der Waals surface area contributed by atoms with Crippen LogP contribution in [0.5, 0.6) is 0 Å². The number of anilines is 2. The molecule has 0 unspecified atom stereocenters. The van der Waals surface area contributed by atoms with Gasteiger partial charge in [-0.15, -0.1) is 0 Å². The van der Waals surface area contributed by atoms with Crippen LogP contribution in [0.4, 0.5) is 16.2 Å².